The van der Waals surface area contributed by atoms with Crippen LogP contribution in [0, 0.1) is 0 Å². The van der Waals surface area contributed by atoms with Crippen LogP contribution in [0.1, 0.15) is 26.2 Å². The minimum atomic E-state index is -0.396. The Labute approximate surface area is 78.7 Å². The average molecular weight is 186 g/mol. The Balaban J connectivity index is 2.54. The summed E-state index contributed by atoms with van der Waals surface area (Å²) in [6, 6.07) is -0.391. The summed E-state index contributed by atoms with van der Waals surface area (Å²) >= 11 is 0. The number of amides is 1. The molecule has 0 aromatic rings. The van der Waals surface area contributed by atoms with Crippen molar-refractivity contribution >= 4 is 5.91 Å². The fourth-order valence-electron chi connectivity index (χ4n) is 1.70. The van der Waals surface area contributed by atoms with Crippen molar-refractivity contribution in [3.63, 3.8) is 0 Å². The lowest BCUT2D eigenvalue weighted by atomic mass is 10.2. The van der Waals surface area contributed by atoms with Gasteiger partial charge in [-0.2, -0.15) is 0 Å². The molecule has 0 saturated carbocycles. The molecule has 1 fully saturated rings. The fraction of sp³-hybridized carbons (Fsp3) is 0.889. The molecule has 0 radical (unpaired) electrons. The lowest BCUT2D eigenvalue weighted by Gasteiger charge is -2.25. The van der Waals surface area contributed by atoms with Gasteiger partial charge in [-0.05, 0) is 19.3 Å². The number of rotatable bonds is 3. The van der Waals surface area contributed by atoms with Crippen molar-refractivity contribution in [2.45, 2.75) is 38.3 Å². The van der Waals surface area contributed by atoms with Gasteiger partial charge in [-0.1, -0.05) is 6.92 Å². The Kier molecular flexibility index (Phi) is 3.69. The number of carbonyl (C=O) groups excluding carboxylic acids is 1. The SMILES string of the molecule is CC[C@H](N)C(=O)N1CCCC1CO. The second-order valence-electron chi connectivity index (χ2n) is 3.52. The standard InChI is InChI=1S/C9H18N2O2/c1-2-8(10)9(13)11-5-3-4-7(11)6-12/h7-8,12H,2-6,10H2,1H3/t7?,8-/m0/s1. The predicted octanol–water partition coefficient (Wildman–Crippen LogP) is -0.293. The van der Waals surface area contributed by atoms with Crippen molar-refractivity contribution in [3.8, 4) is 0 Å². The van der Waals surface area contributed by atoms with Crippen LogP contribution < -0.4 is 5.73 Å². The van der Waals surface area contributed by atoms with Gasteiger partial charge >= 0.3 is 0 Å². The van der Waals surface area contributed by atoms with E-state index in [-0.39, 0.29) is 18.6 Å². The van der Waals surface area contributed by atoms with Crippen molar-refractivity contribution in [3.05, 3.63) is 0 Å². The highest BCUT2D eigenvalue weighted by atomic mass is 16.3. The van der Waals surface area contributed by atoms with Crippen molar-refractivity contribution in [1.82, 2.24) is 4.90 Å². The van der Waals surface area contributed by atoms with Gasteiger partial charge < -0.3 is 15.7 Å². The van der Waals surface area contributed by atoms with E-state index in [0.717, 1.165) is 19.4 Å². The Bertz CT molecular complexity index is 184. The largest absolute Gasteiger partial charge is 0.394 e. The van der Waals surface area contributed by atoms with E-state index in [1.54, 1.807) is 4.90 Å². The minimum Gasteiger partial charge on any atom is -0.394 e. The summed E-state index contributed by atoms with van der Waals surface area (Å²) in [6.07, 6.45) is 2.54. The van der Waals surface area contributed by atoms with Crippen LogP contribution >= 0.6 is 0 Å². The minimum absolute atomic E-state index is 0.00472. The molecule has 1 rings (SSSR count). The van der Waals surface area contributed by atoms with E-state index in [4.69, 9.17) is 10.8 Å². The highest BCUT2D eigenvalue weighted by Crippen LogP contribution is 2.17. The maximum Gasteiger partial charge on any atom is 0.239 e. The third-order valence-corrected chi connectivity index (χ3v) is 2.63. The molecule has 0 aliphatic carbocycles. The smallest absolute Gasteiger partial charge is 0.239 e. The molecule has 4 heteroatoms. The molecule has 1 unspecified atom stereocenters. The Hall–Kier alpha value is -0.610. The molecule has 0 aromatic heterocycles. The first-order valence-corrected chi connectivity index (χ1v) is 4.87. The van der Waals surface area contributed by atoms with E-state index >= 15 is 0 Å². The average Bonchev–Trinajstić information content (AvgIpc) is 2.62. The second-order valence-corrected chi connectivity index (χ2v) is 3.52. The van der Waals surface area contributed by atoms with Gasteiger partial charge in [-0.3, -0.25) is 4.79 Å². The zero-order chi connectivity index (χ0) is 9.84. The zero-order valence-electron chi connectivity index (χ0n) is 8.07. The number of nitrogens with zero attached hydrogens (tertiary/aromatic N) is 1. The summed E-state index contributed by atoms with van der Waals surface area (Å²) in [5.74, 6) is -0.0148. The molecule has 3 N–H and O–H groups in total. The molecule has 4 nitrogen and oxygen atoms in total. The lowest BCUT2D eigenvalue weighted by molar-refractivity contribution is -0.134. The number of aliphatic hydroxyl groups is 1. The quantitative estimate of drug-likeness (QED) is 0.636. The topological polar surface area (TPSA) is 66.6 Å². The molecule has 0 aromatic carbocycles. The second kappa shape index (κ2) is 4.58. The normalized spacial score (nSPS) is 24.8. The predicted molar refractivity (Wildman–Crippen MR) is 50.1 cm³/mol. The maximum absolute atomic E-state index is 11.6. The zero-order valence-corrected chi connectivity index (χ0v) is 8.07. The van der Waals surface area contributed by atoms with Crippen LogP contribution in [0.3, 0.4) is 0 Å². The number of nitrogens with two attached hydrogens (primary N) is 1. The van der Waals surface area contributed by atoms with Crippen LogP contribution in [0.4, 0.5) is 0 Å². The highest BCUT2D eigenvalue weighted by Gasteiger charge is 2.30. The van der Waals surface area contributed by atoms with E-state index in [0.29, 0.717) is 6.42 Å². The summed E-state index contributed by atoms with van der Waals surface area (Å²) in [7, 11) is 0. The third-order valence-electron chi connectivity index (χ3n) is 2.63. The van der Waals surface area contributed by atoms with E-state index in [2.05, 4.69) is 0 Å². The molecule has 0 spiro atoms. The molecule has 1 amide bonds. The summed E-state index contributed by atoms with van der Waals surface area (Å²) in [5.41, 5.74) is 5.64. The molecule has 2 atom stereocenters. The van der Waals surface area contributed by atoms with Crippen LogP contribution in [-0.4, -0.2) is 41.1 Å². The summed E-state index contributed by atoms with van der Waals surface area (Å²) in [4.78, 5) is 13.4. The number of hydrogen-bond donors (Lipinski definition) is 2. The van der Waals surface area contributed by atoms with E-state index < -0.39 is 6.04 Å². The van der Waals surface area contributed by atoms with Gasteiger partial charge in [0.05, 0.1) is 18.7 Å². The molecule has 1 heterocycles. The van der Waals surface area contributed by atoms with E-state index in [1.807, 2.05) is 6.92 Å². The molecule has 76 valence electrons. The number of hydrogen-bond acceptors (Lipinski definition) is 3. The molecule has 1 saturated heterocycles. The van der Waals surface area contributed by atoms with Crippen molar-refractivity contribution in [2.24, 2.45) is 5.73 Å². The third kappa shape index (κ3) is 2.19. The van der Waals surface area contributed by atoms with Crippen molar-refractivity contribution in [2.75, 3.05) is 13.2 Å². The van der Waals surface area contributed by atoms with Gasteiger partial charge in [0.2, 0.25) is 5.91 Å². The Morgan fingerprint density at radius 1 is 1.77 bits per heavy atom. The first-order valence-electron chi connectivity index (χ1n) is 4.87. The molecular weight excluding hydrogens is 168 g/mol. The maximum atomic E-state index is 11.6. The Morgan fingerprint density at radius 2 is 2.46 bits per heavy atom. The molecular formula is C9H18N2O2. The van der Waals surface area contributed by atoms with Crippen LogP contribution in [0.25, 0.3) is 0 Å². The van der Waals surface area contributed by atoms with Crippen molar-refractivity contribution < 1.29 is 9.90 Å². The van der Waals surface area contributed by atoms with E-state index in [9.17, 15) is 4.79 Å². The van der Waals surface area contributed by atoms with Gasteiger partial charge in [-0.15, -0.1) is 0 Å². The van der Waals surface area contributed by atoms with Gasteiger partial charge in [0, 0.05) is 6.54 Å². The first kappa shape index (κ1) is 10.5. The summed E-state index contributed by atoms with van der Waals surface area (Å²) in [6.45, 7) is 2.70. The van der Waals surface area contributed by atoms with Crippen molar-refractivity contribution in [1.29, 1.82) is 0 Å². The molecule has 1 aliphatic heterocycles. The van der Waals surface area contributed by atoms with Crippen LogP contribution in [0.5, 0.6) is 0 Å². The number of aliphatic hydroxyl groups excluding tert-OH is 1. The first-order chi connectivity index (χ1) is 6.20. The molecule has 0 bridgehead atoms. The molecule has 13 heavy (non-hydrogen) atoms. The van der Waals surface area contributed by atoms with Crippen LogP contribution in [0.2, 0.25) is 0 Å². The van der Waals surface area contributed by atoms with E-state index in [1.165, 1.54) is 0 Å². The monoisotopic (exact) mass is 186 g/mol. The van der Waals surface area contributed by atoms with Crippen LogP contribution in [0.15, 0.2) is 0 Å². The van der Waals surface area contributed by atoms with Gasteiger partial charge in [0.15, 0.2) is 0 Å². The van der Waals surface area contributed by atoms with Gasteiger partial charge in [0.25, 0.3) is 0 Å². The molecule has 1 aliphatic rings. The highest BCUT2D eigenvalue weighted by molar-refractivity contribution is 5.82. The summed E-state index contributed by atoms with van der Waals surface area (Å²) < 4.78 is 0. The van der Waals surface area contributed by atoms with Crippen LogP contribution in [-0.2, 0) is 4.79 Å². The number of carbonyl (C=O) groups is 1. The van der Waals surface area contributed by atoms with Gasteiger partial charge in [-0.25, -0.2) is 0 Å². The lowest BCUT2D eigenvalue weighted by Crippen LogP contribution is -2.46. The summed E-state index contributed by atoms with van der Waals surface area (Å²) in [5, 5.41) is 9.01. The Morgan fingerprint density at radius 3 is 3.00 bits per heavy atom. The number of likely N-dealkylation sites (tertiary alicyclic amines) is 1. The van der Waals surface area contributed by atoms with Gasteiger partial charge in [0.1, 0.15) is 0 Å². The fourth-order valence-corrected chi connectivity index (χ4v) is 1.70.